The topological polar surface area (TPSA) is 101 Å². The number of fused-ring (bicyclic) bond motifs is 1. The number of amides is 1. The van der Waals surface area contributed by atoms with Gasteiger partial charge in [0.15, 0.2) is 6.29 Å². The summed E-state index contributed by atoms with van der Waals surface area (Å²) in [6.07, 6.45) is -0.554. The summed E-state index contributed by atoms with van der Waals surface area (Å²) in [5, 5.41) is 5.46. The van der Waals surface area contributed by atoms with Crippen LogP contribution in [0, 0.1) is 0 Å². The number of benzene rings is 2. The molecule has 0 aliphatic rings. The van der Waals surface area contributed by atoms with Gasteiger partial charge in [0.2, 0.25) is 0 Å². The van der Waals surface area contributed by atoms with Crippen molar-refractivity contribution in [2.45, 2.75) is 27.9 Å². The second kappa shape index (κ2) is 11.9. The van der Waals surface area contributed by atoms with Crippen LogP contribution in [-0.2, 0) is 25.2 Å². The highest BCUT2D eigenvalue weighted by Gasteiger charge is 2.36. The summed E-state index contributed by atoms with van der Waals surface area (Å²) in [4.78, 5) is 16.4. The molecule has 0 spiro atoms. The third kappa shape index (κ3) is 5.92. The van der Waals surface area contributed by atoms with Crippen LogP contribution in [-0.4, -0.2) is 58.2 Å². The van der Waals surface area contributed by atoms with E-state index in [1.807, 2.05) is 31.2 Å². The molecule has 4 rings (SSSR count). The Kier molecular flexibility index (Phi) is 8.84. The summed E-state index contributed by atoms with van der Waals surface area (Å²) in [5.74, 6) is 0.408. The first kappa shape index (κ1) is 28.2. The van der Waals surface area contributed by atoms with Gasteiger partial charge in [-0.3, -0.25) is 9.10 Å². The number of thiophene rings is 1. The van der Waals surface area contributed by atoms with Gasteiger partial charge in [-0.2, -0.15) is 0 Å². The Morgan fingerprint density at radius 2 is 1.84 bits per heavy atom. The maximum absolute atomic E-state index is 13.2. The molecule has 0 radical (unpaired) electrons. The van der Waals surface area contributed by atoms with Gasteiger partial charge < -0.3 is 19.8 Å². The molecular formula is C27H31N3O5S3. The number of carbonyl (C=O) groups excluding carboxylic acids is 1. The number of thioether (sulfide) groups is 1. The highest BCUT2D eigenvalue weighted by atomic mass is 32.2. The maximum Gasteiger partial charge on any atom is 0.273 e. The van der Waals surface area contributed by atoms with E-state index < -0.39 is 21.1 Å². The van der Waals surface area contributed by atoms with Crippen LogP contribution < -0.4 is 9.62 Å². The van der Waals surface area contributed by atoms with Crippen LogP contribution in [0.4, 0.5) is 5.69 Å². The Morgan fingerprint density at radius 1 is 1.11 bits per heavy atom. The molecule has 11 heteroatoms. The van der Waals surface area contributed by atoms with Crippen LogP contribution in [0.3, 0.4) is 0 Å². The van der Waals surface area contributed by atoms with Crippen molar-refractivity contribution in [1.82, 2.24) is 10.3 Å². The first-order valence-corrected chi connectivity index (χ1v) is 15.2. The third-order valence-corrected chi connectivity index (χ3v) is 10.9. The predicted molar refractivity (Wildman–Crippen MR) is 154 cm³/mol. The van der Waals surface area contributed by atoms with E-state index in [9.17, 15) is 13.2 Å². The summed E-state index contributed by atoms with van der Waals surface area (Å²) in [6, 6.07) is 20.4. The quantitative estimate of drug-likeness (QED) is 0.229. The molecule has 4 aromatic rings. The van der Waals surface area contributed by atoms with Gasteiger partial charge in [0, 0.05) is 39.0 Å². The van der Waals surface area contributed by atoms with E-state index >= 15 is 0 Å². The molecule has 2 aromatic carbocycles. The van der Waals surface area contributed by atoms with E-state index in [-0.39, 0.29) is 16.7 Å². The standard InChI is InChI=1S/C27H31N3O5S3/c1-27(26(34-3)35-4,37-17-19-10-6-5-7-11-19)18-28-25(31)21-16-20-12-8-13-22(24(20)29-21)30(2)38(32,33)23-14-9-15-36-23/h5-16,26,29H,17-18H2,1-4H3,(H,28,31). The molecule has 0 aliphatic heterocycles. The number of anilines is 1. The monoisotopic (exact) mass is 573 g/mol. The van der Waals surface area contributed by atoms with Crippen molar-refractivity contribution in [3.63, 3.8) is 0 Å². The fraction of sp³-hybridized carbons (Fsp3) is 0.296. The Bertz CT molecular complexity index is 1470. The van der Waals surface area contributed by atoms with Crippen LogP contribution in [0.15, 0.2) is 76.3 Å². The van der Waals surface area contributed by atoms with Crippen LogP contribution in [0.2, 0.25) is 0 Å². The van der Waals surface area contributed by atoms with Crippen LogP contribution in [0.5, 0.6) is 0 Å². The van der Waals surface area contributed by atoms with Gasteiger partial charge >= 0.3 is 0 Å². The lowest BCUT2D eigenvalue weighted by atomic mass is 10.1. The Hall–Kier alpha value is -2.83. The lowest BCUT2D eigenvalue weighted by Gasteiger charge is -2.35. The average molecular weight is 574 g/mol. The molecule has 0 saturated heterocycles. The first-order chi connectivity index (χ1) is 18.2. The van der Waals surface area contributed by atoms with E-state index in [1.54, 1.807) is 61.7 Å². The van der Waals surface area contributed by atoms with Crippen molar-refractivity contribution < 1.29 is 22.7 Å². The molecule has 38 heavy (non-hydrogen) atoms. The molecule has 1 amide bonds. The molecule has 2 heterocycles. The lowest BCUT2D eigenvalue weighted by Crippen LogP contribution is -2.48. The van der Waals surface area contributed by atoms with Crippen molar-refractivity contribution in [3.05, 3.63) is 83.4 Å². The number of nitrogens with one attached hydrogen (secondary N) is 2. The molecule has 2 aromatic heterocycles. The molecule has 1 unspecified atom stereocenters. The fourth-order valence-corrected chi connectivity index (χ4v) is 7.73. The minimum Gasteiger partial charge on any atom is -0.354 e. The average Bonchev–Trinajstić information content (AvgIpc) is 3.62. The third-order valence-electron chi connectivity index (χ3n) is 6.27. The van der Waals surface area contributed by atoms with Gasteiger partial charge in [-0.25, -0.2) is 8.42 Å². The molecule has 0 saturated carbocycles. The second-order valence-electron chi connectivity index (χ2n) is 8.90. The number of para-hydroxylation sites is 1. The number of H-pyrrole nitrogens is 1. The van der Waals surface area contributed by atoms with Crippen molar-refractivity contribution in [3.8, 4) is 0 Å². The zero-order valence-corrected chi connectivity index (χ0v) is 24.1. The summed E-state index contributed by atoms with van der Waals surface area (Å²) in [5.41, 5.74) is 2.51. The molecule has 202 valence electrons. The molecule has 0 bridgehead atoms. The normalized spacial score (nSPS) is 13.5. The molecule has 0 aliphatic carbocycles. The SMILES string of the molecule is COC(OC)C(C)(CNC(=O)c1cc2cccc(N(C)S(=O)(=O)c3cccs3)c2[nH]1)SCc1ccccc1. The predicted octanol–water partition coefficient (Wildman–Crippen LogP) is 5.10. The van der Waals surface area contributed by atoms with E-state index in [2.05, 4.69) is 22.4 Å². The molecule has 0 fully saturated rings. The van der Waals surface area contributed by atoms with E-state index in [1.165, 1.54) is 11.4 Å². The molecule has 2 N–H and O–H groups in total. The van der Waals surface area contributed by atoms with Crippen molar-refractivity contribution >= 4 is 55.6 Å². The van der Waals surface area contributed by atoms with Gasteiger partial charge in [-0.15, -0.1) is 23.1 Å². The smallest absolute Gasteiger partial charge is 0.273 e. The number of methoxy groups -OCH3 is 2. The maximum atomic E-state index is 13.2. The van der Waals surface area contributed by atoms with Crippen molar-refractivity contribution in [1.29, 1.82) is 0 Å². The number of rotatable bonds is 12. The number of hydrogen-bond donors (Lipinski definition) is 2. The minimum absolute atomic E-state index is 0.250. The first-order valence-electron chi connectivity index (χ1n) is 11.9. The second-order valence-corrected chi connectivity index (χ2v) is 13.6. The minimum atomic E-state index is -3.72. The van der Waals surface area contributed by atoms with Gasteiger partial charge in [0.05, 0.1) is 16.0 Å². The summed E-state index contributed by atoms with van der Waals surface area (Å²) >= 11 is 2.80. The lowest BCUT2D eigenvalue weighted by molar-refractivity contribution is -0.120. The summed E-state index contributed by atoms with van der Waals surface area (Å²) < 4.78 is 38.2. The number of aromatic nitrogens is 1. The number of sulfonamides is 1. The zero-order valence-electron chi connectivity index (χ0n) is 21.6. The number of ether oxygens (including phenoxy) is 2. The fourth-order valence-electron chi connectivity index (χ4n) is 4.17. The van der Waals surface area contributed by atoms with Gasteiger partial charge in [-0.1, -0.05) is 48.5 Å². The van der Waals surface area contributed by atoms with Gasteiger partial charge in [0.1, 0.15) is 9.90 Å². The van der Waals surface area contributed by atoms with E-state index in [0.29, 0.717) is 16.9 Å². The van der Waals surface area contributed by atoms with Crippen molar-refractivity contribution in [2.75, 3.05) is 32.1 Å². The summed E-state index contributed by atoms with van der Waals surface area (Å²) in [6.45, 7) is 2.27. The number of aromatic amines is 1. The van der Waals surface area contributed by atoms with Crippen LogP contribution >= 0.6 is 23.1 Å². The number of carbonyl (C=O) groups is 1. The number of hydrogen-bond acceptors (Lipinski definition) is 7. The highest BCUT2D eigenvalue weighted by Crippen LogP contribution is 2.34. The van der Waals surface area contributed by atoms with Crippen molar-refractivity contribution in [2.24, 2.45) is 0 Å². The summed E-state index contributed by atoms with van der Waals surface area (Å²) in [7, 11) is 0.946. The highest BCUT2D eigenvalue weighted by molar-refractivity contribution is 8.00. The van der Waals surface area contributed by atoms with Gasteiger partial charge in [-0.05, 0) is 36.1 Å². The molecule has 1 atom stereocenters. The van der Waals surface area contributed by atoms with E-state index in [0.717, 1.165) is 28.0 Å². The largest absolute Gasteiger partial charge is 0.354 e. The Balaban J connectivity index is 1.54. The van der Waals surface area contributed by atoms with Crippen LogP contribution in [0.1, 0.15) is 23.0 Å². The zero-order chi connectivity index (χ0) is 27.3. The Morgan fingerprint density at radius 3 is 2.50 bits per heavy atom. The van der Waals surface area contributed by atoms with Crippen LogP contribution in [0.25, 0.3) is 10.9 Å². The Labute approximate surface area is 231 Å². The van der Waals surface area contributed by atoms with E-state index in [4.69, 9.17) is 9.47 Å². The molecular weight excluding hydrogens is 543 g/mol. The molecule has 8 nitrogen and oxygen atoms in total. The van der Waals surface area contributed by atoms with Gasteiger partial charge in [0.25, 0.3) is 15.9 Å². The number of nitrogens with zero attached hydrogens (tertiary/aromatic N) is 1.